The second-order valence-electron chi connectivity index (χ2n) is 3.30. The molecule has 0 aromatic carbocycles. The topological polar surface area (TPSA) is 64.9 Å². The van der Waals surface area contributed by atoms with Gasteiger partial charge in [-0.05, 0) is 46.8 Å². The lowest BCUT2D eigenvalue weighted by atomic mass is 10.5. The molecule has 0 aliphatic heterocycles. The van der Waals surface area contributed by atoms with Crippen LogP contribution in [0.2, 0.25) is 0 Å². The highest BCUT2D eigenvalue weighted by Crippen LogP contribution is 2.30. The molecule has 92 valence electrons. The number of hydrogen-bond acceptors (Lipinski definition) is 6. The Kier molecular flexibility index (Phi) is 5.02. The summed E-state index contributed by atoms with van der Waals surface area (Å²) in [7, 11) is 0. The lowest BCUT2D eigenvalue weighted by Crippen LogP contribution is -1.99. The van der Waals surface area contributed by atoms with Crippen molar-refractivity contribution >= 4 is 39.0 Å². The average molecular weight is 334 g/mol. The smallest absolute Gasteiger partial charge is 0.257 e. The number of thiophene rings is 1. The molecule has 0 unspecified atom stereocenters. The number of halogens is 1. The number of hydrogen-bond donors (Lipinski definition) is 1. The van der Waals surface area contributed by atoms with Crippen LogP contribution in [0.15, 0.2) is 20.3 Å². The maximum atomic E-state index is 5.58. The Balaban J connectivity index is 1.92. The van der Waals surface area contributed by atoms with E-state index in [9.17, 15) is 0 Å². The van der Waals surface area contributed by atoms with E-state index in [2.05, 4.69) is 26.1 Å². The first kappa shape index (κ1) is 13.1. The molecule has 2 aromatic rings. The van der Waals surface area contributed by atoms with Gasteiger partial charge in [0.25, 0.3) is 5.89 Å². The van der Waals surface area contributed by atoms with Gasteiger partial charge in [-0.1, -0.05) is 0 Å². The molecular formula is C10H12BrN3OS2. The van der Waals surface area contributed by atoms with Crippen LogP contribution in [0.25, 0.3) is 10.8 Å². The van der Waals surface area contributed by atoms with Crippen LogP contribution in [0.5, 0.6) is 0 Å². The third kappa shape index (κ3) is 3.80. The van der Waals surface area contributed by atoms with Crippen LogP contribution in [0.3, 0.4) is 0 Å². The molecule has 0 atom stereocenters. The second-order valence-corrected chi connectivity index (χ2v) is 6.87. The SMILES string of the molecule is NCCCSCc1nnc(-c2ccc(Br)s2)o1. The Morgan fingerprint density at radius 2 is 2.29 bits per heavy atom. The molecule has 0 aliphatic carbocycles. The molecule has 0 saturated carbocycles. The minimum atomic E-state index is 0.593. The zero-order valence-corrected chi connectivity index (χ0v) is 12.3. The quantitative estimate of drug-likeness (QED) is 0.822. The summed E-state index contributed by atoms with van der Waals surface area (Å²) in [4.78, 5) is 0.989. The van der Waals surface area contributed by atoms with Gasteiger partial charge in [0, 0.05) is 0 Å². The summed E-state index contributed by atoms with van der Waals surface area (Å²) in [5.74, 6) is 3.04. The number of thioether (sulfide) groups is 1. The third-order valence-corrected chi connectivity index (χ3v) is 4.61. The van der Waals surface area contributed by atoms with E-state index in [-0.39, 0.29) is 0 Å². The van der Waals surface area contributed by atoms with Crippen LogP contribution in [0.1, 0.15) is 12.3 Å². The second kappa shape index (κ2) is 6.53. The lowest BCUT2D eigenvalue weighted by molar-refractivity contribution is 0.529. The largest absolute Gasteiger partial charge is 0.419 e. The zero-order chi connectivity index (χ0) is 12.1. The Bertz CT molecular complexity index is 472. The molecule has 2 heterocycles. The number of nitrogens with zero attached hydrogens (tertiary/aromatic N) is 2. The van der Waals surface area contributed by atoms with E-state index in [1.165, 1.54) is 0 Å². The molecule has 17 heavy (non-hydrogen) atoms. The highest BCUT2D eigenvalue weighted by molar-refractivity contribution is 9.11. The highest BCUT2D eigenvalue weighted by atomic mass is 79.9. The first-order valence-corrected chi connectivity index (χ1v) is 7.92. The van der Waals surface area contributed by atoms with E-state index in [1.807, 2.05) is 12.1 Å². The standard InChI is InChI=1S/C10H12BrN3OS2/c11-8-3-2-7(17-8)10-14-13-9(15-10)6-16-5-1-4-12/h2-3H,1,4-6,12H2. The molecule has 0 radical (unpaired) electrons. The van der Waals surface area contributed by atoms with E-state index >= 15 is 0 Å². The van der Waals surface area contributed by atoms with E-state index in [4.69, 9.17) is 10.2 Å². The predicted octanol–water partition coefficient (Wildman–Crippen LogP) is 3.14. The monoisotopic (exact) mass is 333 g/mol. The van der Waals surface area contributed by atoms with E-state index in [1.54, 1.807) is 23.1 Å². The van der Waals surface area contributed by atoms with Gasteiger partial charge in [-0.15, -0.1) is 21.5 Å². The molecule has 0 bridgehead atoms. The van der Waals surface area contributed by atoms with Crippen molar-refractivity contribution in [3.63, 3.8) is 0 Å². The fourth-order valence-electron chi connectivity index (χ4n) is 1.19. The Labute approximate surface area is 116 Å². The fourth-order valence-corrected chi connectivity index (χ4v) is 3.30. The van der Waals surface area contributed by atoms with Crippen molar-refractivity contribution in [2.75, 3.05) is 12.3 Å². The van der Waals surface area contributed by atoms with Crippen molar-refractivity contribution in [1.82, 2.24) is 10.2 Å². The summed E-state index contributed by atoms with van der Waals surface area (Å²) in [5, 5.41) is 8.06. The summed E-state index contributed by atoms with van der Waals surface area (Å²) in [6.07, 6.45) is 1.02. The Morgan fingerprint density at radius 1 is 1.41 bits per heavy atom. The molecule has 2 aromatic heterocycles. The average Bonchev–Trinajstić information content (AvgIpc) is 2.93. The summed E-state index contributed by atoms with van der Waals surface area (Å²) in [6, 6.07) is 3.94. The Morgan fingerprint density at radius 3 is 3.00 bits per heavy atom. The van der Waals surface area contributed by atoms with Crippen LogP contribution in [0, 0.1) is 0 Å². The summed E-state index contributed by atoms with van der Waals surface area (Å²) >= 11 is 6.75. The van der Waals surface area contributed by atoms with Gasteiger partial charge in [0.15, 0.2) is 0 Å². The van der Waals surface area contributed by atoms with Gasteiger partial charge < -0.3 is 10.2 Å². The van der Waals surface area contributed by atoms with E-state index < -0.39 is 0 Å². The van der Waals surface area contributed by atoms with Crippen molar-refractivity contribution in [3.05, 3.63) is 21.8 Å². The third-order valence-electron chi connectivity index (χ3n) is 1.97. The molecule has 0 amide bonds. The van der Waals surface area contributed by atoms with Gasteiger partial charge in [0.05, 0.1) is 14.4 Å². The molecule has 4 nitrogen and oxygen atoms in total. The van der Waals surface area contributed by atoms with Crippen LogP contribution in [-0.4, -0.2) is 22.5 Å². The molecule has 7 heteroatoms. The van der Waals surface area contributed by atoms with Crippen LogP contribution >= 0.6 is 39.0 Å². The lowest BCUT2D eigenvalue weighted by Gasteiger charge is -1.94. The maximum absolute atomic E-state index is 5.58. The molecule has 0 spiro atoms. The van der Waals surface area contributed by atoms with Crippen molar-refractivity contribution in [1.29, 1.82) is 0 Å². The van der Waals surface area contributed by atoms with Gasteiger partial charge in [-0.3, -0.25) is 0 Å². The molecular weight excluding hydrogens is 322 g/mol. The number of nitrogens with two attached hydrogens (primary N) is 1. The molecule has 2 N–H and O–H groups in total. The van der Waals surface area contributed by atoms with Crippen molar-refractivity contribution in [2.45, 2.75) is 12.2 Å². The summed E-state index contributed by atoms with van der Waals surface area (Å²) < 4.78 is 6.64. The van der Waals surface area contributed by atoms with Gasteiger partial charge in [-0.2, -0.15) is 11.8 Å². The summed E-state index contributed by atoms with van der Waals surface area (Å²) in [5.41, 5.74) is 5.42. The van der Waals surface area contributed by atoms with Crippen LogP contribution in [0.4, 0.5) is 0 Å². The Hall–Kier alpha value is -0.370. The van der Waals surface area contributed by atoms with Gasteiger partial charge >= 0.3 is 0 Å². The van der Waals surface area contributed by atoms with Gasteiger partial charge in [0.2, 0.25) is 5.89 Å². The van der Waals surface area contributed by atoms with Gasteiger partial charge in [0.1, 0.15) is 0 Å². The minimum absolute atomic E-state index is 0.593. The predicted molar refractivity (Wildman–Crippen MR) is 75.1 cm³/mol. The van der Waals surface area contributed by atoms with Crippen molar-refractivity contribution in [2.24, 2.45) is 5.73 Å². The number of rotatable bonds is 6. The molecule has 2 rings (SSSR count). The first-order valence-electron chi connectivity index (χ1n) is 5.15. The van der Waals surface area contributed by atoms with E-state index in [0.717, 1.165) is 33.1 Å². The highest BCUT2D eigenvalue weighted by Gasteiger charge is 2.10. The minimum Gasteiger partial charge on any atom is -0.419 e. The maximum Gasteiger partial charge on any atom is 0.257 e. The first-order chi connectivity index (χ1) is 8.29. The fraction of sp³-hybridized carbons (Fsp3) is 0.400. The van der Waals surface area contributed by atoms with Crippen LogP contribution in [-0.2, 0) is 5.75 Å². The van der Waals surface area contributed by atoms with Crippen molar-refractivity contribution < 1.29 is 4.42 Å². The molecule has 0 aliphatic rings. The molecule has 0 fully saturated rings. The zero-order valence-electron chi connectivity index (χ0n) is 9.06. The van der Waals surface area contributed by atoms with Crippen LogP contribution < -0.4 is 5.73 Å². The van der Waals surface area contributed by atoms with Gasteiger partial charge in [-0.25, -0.2) is 0 Å². The van der Waals surface area contributed by atoms with E-state index in [0.29, 0.717) is 11.8 Å². The molecule has 0 saturated heterocycles. The summed E-state index contributed by atoms with van der Waals surface area (Å²) in [6.45, 7) is 0.727. The normalized spacial score (nSPS) is 10.9. The number of aromatic nitrogens is 2. The van der Waals surface area contributed by atoms with Crippen molar-refractivity contribution in [3.8, 4) is 10.8 Å².